The van der Waals surface area contributed by atoms with Crippen molar-refractivity contribution in [3.8, 4) is 0 Å². The SMILES string of the molecule is CCC(COC)NC(=O)Nc1ccnc(S(N)(=O)=O)c1. The summed E-state index contributed by atoms with van der Waals surface area (Å²) in [5, 5.41) is 9.87. The lowest BCUT2D eigenvalue weighted by atomic mass is 10.2. The maximum absolute atomic E-state index is 11.7. The predicted octanol–water partition coefficient (Wildman–Crippen LogP) is 0.276. The fraction of sp³-hybridized carbons (Fsp3) is 0.455. The Morgan fingerprint density at radius 1 is 1.55 bits per heavy atom. The Hall–Kier alpha value is -1.71. The van der Waals surface area contributed by atoms with Crippen molar-refractivity contribution in [1.29, 1.82) is 0 Å². The zero-order valence-electron chi connectivity index (χ0n) is 11.3. The molecule has 112 valence electrons. The van der Waals surface area contributed by atoms with Gasteiger partial charge in [0.2, 0.25) is 0 Å². The average Bonchev–Trinajstić information content (AvgIpc) is 2.37. The van der Waals surface area contributed by atoms with Gasteiger partial charge in [0.05, 0.1) is 12.6 Å². The van der Waals surface area contributed by atoms with Gasteiger partial charge in [-0.1, -0.05) is 6.92 Å². The van der Waals surface area contributed by atoms with Gasteiger partial charge in [-0.15, -0.1) is 0 Å². The summed E-state index contributed by atoms with van der Waals surface area (Å²) in [5.74, 6) is 0. The van der Waals surface area contributed by atoms with Crippen molar-refractivity contribution in [1.82, 2.24) is 10.3 Å². The van der Waals surface area contributed by atoms with Crippen LogP contribution in [0.15, 0.2) is 23.4 Å². The smallest absolute Gasteiger partial charge is 0.319 e. The van der Waals surface area contributed by atoms with E-state index in [2.05, 4.69) is 15.6 Å². The summed E-state index contributed by atoms with van der Waals surface area (Å²) in [6, 6.07) is 2.07. The first kappa shape index (κ1) is 16.3. The molecule has 0 aliphatic rings. The molecule has 1 heterocycles. The second-order valence-corrected chi connectivity index (χ2v) is 5.60. The number of methoxy groups -OCH3 is 1. The molecule has 0 aliphatic carbocycles. The van der Waals surface area contributed by atoms with Crippen molar-refractivity contribution in [3.05, 3.63) is 18.3 Å². The number of carbonyl (C=O) groups is 1. The number of aromatic nitrogens is 1. The molecule has 0 aromatic carbocycles. The van der Waals surface area contributed by atoms with Crippen LogP contribution in [0.4, 0.5) is 10.5 Å². The van der Waals surface area contributed by atoms with Gasteiger partial charge in [-0.05, 0) is 12.5 Å². The Morgan fingerprint density at radius 3 is 2.80 bits per heavy atom. The highest BCUT2D eigenvalue weighted by Gasteiger charge is 2.13. The molecule has 0 fully saturated rings. The van der Waals surface area contributed by atoms with Crippen LogP contribution in [0, 0.1) is 0 Å². The van der Waals surface area contributed by atoms with Gasteiger partial charge in [0.15, 0.2) is 5.03 Å². The zero-order valence-corrected chi connectivity index (χ0v) is 12.1. The van der Waals surface area contributed by atoms with E-state index in [-0.39, 0.29) is 16.8 Å². The predicted molar refractivity (Wildman–Crippen MR) is 73.7 cm³/mol. The number of sulfonamides is 1. The number of carbonyl (C=O) groups excluding carboxylic acids is 1. The van der Waals surface area contributed by atoms with Gasteiger partial charge in [0.1, 0.15) is 0 Å². The van der Waals surface area contributed by atoms with Gasteiger partial charge in [-0.25, -0.2) is 23.3 Å². The van der Waals surface area contributed by atoms with Gasteiger partial charge in [-0.3, -0.25) is 0 Å². The summed E-state index contributed by atoms with van der Waals surface area (Å²) in [4.78, 5) is 15.4. The lowest BCUT2D eigenvalue weighted by molar-refractivity contribution is 0.165. The summed E-state index contributed by atoms with van der Waals surface area (Å²) in [5.41, 5.74) is 0.286. The second-order valence-electron chi connectivity index (χ2n) is 4.09. The van der Waals surface area contributed by atoms with Crippen LogP contribution in [-0.4, -0.2) is 39.2 Å². The number of nitrogens with two attached hydrogens (primary N) is 1. The van der Waals surface area contributed by atoms with Gasteiger partial charge in [0, 0.05) is 25.1 Å². The van der Waals surface area contributed by atoms with Gasteiger partial charge in [-0.2, -0.15) is 0 Å². The monoisotopic (exact) mass is 302 g/mol. The maximum atomic E-state index is 11.7. The van der Waals surface area contributed by atoms with Gasteiger partial charge >= 0.3 is 6.03 Å². The topological polar surface area (TPSA) is 123 Å². The average molecular weight is 302 g/mol. The van der Waals surface area contributed by atoms with E-state index in [1.165, 1.54) is 18.3 Å². The molecule has 0 spiro atoms. The highest BCUT2D eigenvalue weighted by molar-refractivity contribution is 7.89. The molecule has 2 amide bonds. The van der Waals surface area contributed by atoms with E-state index in [1.54, 1.807) is 7.11 Å². The molecule has 0 saturated carbocycles. The van der Waals surface area contributed by atoms with E-state index < -0.39 is 16.1 Å². The lowest BCUT2D eigenvalue weighted by Gasteiger charge is -2.16. The molecular weight excluding hydrogens is 284 g/mol. The second kappa shape index (κ2) is 7.17. The van der Waals surface area contributed by atoms with Crippen LogP contribution >= 0.6 is 0 Å². The Morgan fingerprint density at radius 2 is 2.25 bits per heavy atom. The van der Waals surface area contributed by atoms with Crippen LogP contribution < -0.4 is 15.8 Å². The number of anilines is 1. The molecule has 0 saturated heterocycles. The highest BCUT2D eigenvalue weighted by atomic mass is 32.2. The van der Waals surface area contributed by atoms with Crippen LogP contribution in [-0.2, 0) is 14.8 Å². The number of primary sulfonamides is 1. The van der Waals surface area contributed by atoms with Crippen molar-refractivity contribution < 1.29 is 17.9 Å². The molecular formula is C11H18N4O4S. The molecule has 0 bridgehead atoms. The Kier molecular flexibility index (Phi) is 5.86. The van der Waals surface area contributed by atoms with Crippen molar-refractivity contribution in [2.75, 3.05) is 19.0 Å². The van der Waals surface area contributed by atoms with Crippen molar-refractivity contribution >= 4 is 21.7 Å². The number of hydrogen-bond acceptors (Lipinski definition) is 5. The van der Waals surface area contributed by atoms with E-state index in [0.717, 1.165) is 0 Å². The number of rotatable bonds is 6. The zero-order chi connectivity index (χ0) is 15.2. The summed E-state index contributed by atoms with van der Waals surface area (Å²) in [7, 11) is -2.36. The highest BCUT2D eigenvalue weighted by Crippen LogP contribution is 2.11. The van der Waals surface area contributed by atoms with E-state index >= 15 is 0 Å². The minimum Gasteiger partial charge on any atom is -0.383 e. The van der Waals surface area contributed by atoms with Crippen LogP contribution in [0.2, 0.25) is 0 Å². The molecule has 1 atom stereocenters. The molecule has 0 radical (unpaired) electrons. The molecule has 4 N–H and O–H groups in total. The number of hydrogen-bond donors (Lipinski definition) is 3. The van der Waals surface area contributed by atoms with E-state index in [9.17, 15) is 13.2 Å². The summed E-state index contributed by atoms with van der Waals surface area (Å²) in [6.45, 7) is 2.30. The quantitative estimate of drug-likeness (QED) is 0.696. The van der Waals surface area contributed by atoms with Crippen LogP contribution in [0.25, 0.3) is 0 Å². The Bertz CT molecular complexity index is 561. The maximum Gasteiger partial charge on any atom is 0.319 e. The third-order valence-corrected chi connectivity index (χ3v) is 3.29. The molecule has 1 aromatic rings. The van der Waals surface area contributed by atoms with Crippen molar-refractivity contribution in [2.45, 2.75) is 24.4 Å². The van der Waals surface area contributed by atoms with Gasteiger partial charge in [0.25, 0.3) is 10.0 Å². The molecule has 9 heteroatoms. The molecule has 1 rings (SSSR count). The van der Waals surface area contributed by atoms with E-state index in [1.807, 2.05) is 6.92 Å². The number of nitrogens with zero attached hydrogens (tertiary/aromatic N) is 1. The standard InChI is InChI=1S/C11H18N4O4S/c1-3-8(7-19-2)14-11(16)15-9-4-5-13-10(6-9)20(12,17)18/h4-6,8H,3,7H2,1-2H3,(H2,12,17,18)(H2,13,14,15,16). The molecule has 1 aromatic heterocycles. The number of amides is 2. The van der Waals surface area contributed by atoms with Crippen LogP contribution in [0.5, 0.6) is 0 Å². The van der Waals surface area contributed by atoms with Crippen LogP contribution in [0.3, 0.4) is 0 Å². The third kappa shape index (κ3) is 5.11. The minimum absolute atomic E-state index is 0.125. The summed E-state index contributed by atoms with van der Waals surface area (Å²) in [6.07, 6.45) is 1.96. The number of nitrogens with one attached hydrogen (secondary N) is 2. The minimum atomic E-state index is -3.90. The first-order valence-corrected chi connectivity index (χ1v) is 7.46. The van der Waals surface area contributed by atoms with Crippen molar-refractivity contribution in [2.24, 2.45) is 5.14 Å². The third-order valence-electron chi connectivity index (χ3n) is 2.48. The largest absolute Gasteiger partial charge is 0.383 e. The van der Waals surface area contributed by atoms with E-state index in [4.69, 9.17) is 9.88 Å². The molecule has 8 nitrogen and oxygen atoms in total. The fourth-order valence-corrected chi connectivity index (χ4v) is 1.96. The van der Waals surface area contributed by atoms with E-state index in [0.29, 0.717) is 13.0 Å². The van der Waals surface area contributed by atoms with Crippen LogP contribution in [0.1, 0.15) is 13.3 Å². The summed E-state index contributed by atoms with van der Waals surface area (Å²) >= 11 is 0. The fourth-order valence-electron chi connectivity index (χ4n) is 1.46. The van der Waals surface area contributed by atoms with Gasteiger partial charge < -0.3 is 15.4 Å². The first-order chi connectivity index (χ1) is 9.36. The van der Waals surface area contributed by atoms with Crippen molar-refractivity contribution in [3.63, 3.8) is 0 Å². The Balaban J connectivity index is 2.71. The molecule has 0 aliphatic heterocycles. The molecule has 20 heavy (non-hydrogen) atoms. The normalized spacial score (nSPS) is 12.8. The summed E-state index contributed by atoms with van der Waals surface area (Å²) < 4.78 is 27.3. The Labute approximate surface area is 117 Å². The number of ether oxygens (including phenoxy) is 1. The number of pyridine rings is 1. The first-order valence-electron chi connectivity index (χ1n) is 5.92. The lowest BCUT2D eigenvalue weighted by Crippen LogP contribution is -2.40. The molecule has 1 unspecified atom stereocenters. The number of urea groups is 1.